The van der Waals surface area contributed by atoms with Crippen LogP contribution in [0.25, 0.3) is 0 Å². The van der Waals surface area contributed by atoms with E-state index >= 15 is 0 Å². The lowest BCUT2D eigenvalue weighted by Crippen LogP contribution is -2.34. The van der Waals surface area contributed by atoms with Gasteiger partial charge in [-0.2, -0.15) is 0 Å². The summed E-state index contributed by atoms with van der Waals surface area (Å²) in [4.78, 5) is 2.10. The molecule has 0 aliphatic heterocycles. The van der Waals surface area contributed by atoms with Crippen LogP contribution in [0.5, 0.6) is 5.75 Å². The predicted octanol–water partition coefficient (Wildman–Crippen LogP) is 2.32. The first-order valence-electron chi connectivity index (χ1n) is 6.43. The summed E-state index contributed by atoms with van der Waals surface area (Å²) in [6.07, 6.45) is 0.188. The van der Waals surface area contributed by atoms with Crippen molar-refractivity contribution >= 4 is 23.0 Å². The van der Waals surface area contributed by atoms with Crippen molar-refractivity contribution < 1.29 is 4.74 Å². The highest BCUT2D eigenvalue weighted by Gasteiger charge is 2.00. The molecule has 4 nitrogen and oxygen atoms in total. The molecule has 0 heterocycles. The van der Waals surface area contributed by atoms with Crippen molar-refractivity contribution in [3.63, 3.8) is 0 Å². The topological polar surface area (TPSA) is 36.5 Å². The molecule has 1 rings (SSSR count). The van der Waals surface area contributed by atoms with E-state index in [1.807, 2.05) is 52.2 Å². The average Bonchev–Trinajstić information content (AvgIpc) is 2.30. The van der Waals surface area contributed by atoms with Crippen LogP contribution in [0.1, 0.15) is 13.8 Å². The Kier molecular flexibility index (Phi) is 6.59. The summed E-state index contributed by atoms with van der Waals surface area (Å²) in [5.74, 6) is 0.868. The van der Waals surface area contributed by atoms with Gasteiger partial charge in [0.15, 0.2) is 5.11 Å². The highest BCUT2D eigenvalue weighted by atomic mass is 32.1. The van der Waals surface area contributed by atoms with E-state index in [0.29, 0.717) is 5.11 Å². The Labute approximate surface area is 121 Å². The number of likely N-dealkylation sites (N-methyl/N-ethyl adjacent to an activating group) is 1. The van der Waals surface area contributed by atoms with E-state index in [1.165, 1.54) is 0 Å². The van der Waals surface area contributed by atoms with Gasteiger partial charge in [0, 0.05) is 18.8 Å². The van der Waals surface area contributed by atoms with Crippen LogP contribution in [0.3, 0.4) is 0 Å². The molecule has 0 radical (unpaired) electrons. The van der Waals surface area contributed by atoms with E-state index in [4.69, 9.17) is 17.0 Å². The first-order chi connectivity index (χ1) is 8.97. The number of hydrogen-bond acceptors (Lipinski definition) is 3. The van der Waals surface area contributed by atoms with Crippen molar-refractivity contribution in [1.29, 1.82) is 0 Å². The first-order valence-corrected chi connectivity index (χ1v) is 6.84. The molecule has 0 unspecified atom stereocenters. The number of nitrogens with zero attached hydrogens (tertiary/aromatic N) is 1. The highest BCUT2D eigenvalue weighted by Crippen LogP contribution is 2.16. The fraction of sp³-hybridized carbons (Fsp3) is 0.500. The molecule has 1 aromatic rings. The zero-order valence-electron chi connectivity index (χ0n) is 12.1. The second kappa shape index (κ2) is 7.96. The van der Waals surface area contributed by atoms with Crippen LogP contribution in [0.15, 0.2) is 24.3 Å². The van der Waals surface area contributed by atoms with Crippen LogP contribution in [-0.4, -0.2) is 43.3 Å². The number of ether oxygens (including phenoxy) is 1. The monoisotopic (exact) mass is 281 g/mol. The van der Waals surface area contributed by atoms with Gasteiger partial charge in [-0.3, -0.25) is 0 Å². The molecule has 0 fully saturated rings. The molecule has 0 atom stereocenters. The molecule has 5 heteroatoms. The molecule has 2 N–H and O–H groups in total. The first kappa shape index (κ1) is 15.7. The number of anilines is 1. The van der Waals surface area contributed by atoms with E-state index in [9.17, 15) is 0 Å². The Balaban J connectivity index is 2.38. The van der Waals surface area contributed by atoms with Crippen molar-refractivity contribution in [3.8, 4) is 5.75 Å². The van der Waals surface area contributed by atoms with Gasteiger partial charge in [-0.25, -0.2) is 0 Å². The summed E-state index contributed by atoms with van der Waals surface area (Å²) in [6.45, 7) is 5.79. The molecule has 0 spiro atoms. The van der Waals surface area contributed by atoms with E-state index in [-0.39, 0.29) is 6.10 Å². The zero-order chi connectivity index (χ0) is 14.3. The predicted molar refractivity (Wildman–Crippen MR) is 85.0 cm³/mol. The van der Waals surface area contributed by atoms with Gasteiger partial charge in [0.1, 0.15) is 5.75 Å². The van der Waals surface area contributed by atoms with E-state index in [2.05, 4.69) is 15.5 Å². The molecular formula is C14H23N3OS. The Hall–Kier alpha value is -1.33. The number of thiocarbonyl (C=S) groups is 1. The third kappa shape index (κ3) is 6.98. The summed E-state index contributed by atoms with van der Waals surface area (Å²) >= 11 is 5.22. The minimum atomic E-state index is 0.188. The third-order valence-electron chi connectivity index (χ3n) is 2.33. The molecule has 0 aliphatic carbocycles. The average molecular weight is 281 g/mol. The Bertz CT molecular complexity index is 390. The van der Waals surface area contributed by atoms with Crippen LogP contribution in [0, 0.1) is 0 Å². The van der Waals surface area contributed by atoms with Crippen molar-refractivity contribution in [3.05, 3.63) is 24.3 Å². The van der Waals surface area contributed by atoms with Gasteiger partial charge in [0.2, 0.25) is 0 Å². The molecule has 106 valence electrons. The Morgan fingerprint density at radius 3 is 2.42 bits per heavy atom. The molecule has 0 aromatic heterocycles. The summed E-state index contributed by atoms with van der Waals surface area (Å²) in [5.41, 5.74) is 0.957. The number of hydrogen-bond donors (Lipinski definition) is 2. The van der Waals surface area contributed by atoms with E-state index in [1.54, 1.807) is 0 Å². The van der Waals surface area contributed by atoms with Gasteiger partial charge in [-0.1, -0.05) is 0 Å². The zero-order valence-corrected chi connectivity index (χ0v) is 12.9. The van der Waals surface area contributed by atoms with E-state index < -0.39 is 0 Å². The minimum absolute atomic E-state index is 0.188. The van der Waals surface area contributed by atoms with Crippen LogP contribution in [0.4, 0.5) is 5.69 Å². The number of nitrogens with one attached hydrogen (secondary N) is 2. The van der Waals surface area contributed by atoms with Crippen molar-refractivity contribution in [2.24, 2.45) is 0 Å². The highest BCUT2D eigenvalue weighted by molar-refractivity contribution is 7.80. The fourth-order valence-electron chi connectivity index (χ4n) is 1.46. The lowest BCUT2D eigenvalue weighted by Gasteiger charge is -2.14. The normalized spacial score (nSPS) is 10.6. The van der Waals surface area contributed by atoms with Crippen LogP contribution < -0.4 is 15.4 Å². The van der Waals surface area contributed by atoms with Gasteiger partial charge >= 0.3 is 0 Å². The Morgan fingerprint density at radius 1 is 1.26 bits per heavy atom. The maximum atomic E-state index is 5.58. The minimum Gasteiger partial charge on any atom is -0.491 e. The largest absolute Gasteiger partial charge is 0.491 e. The van der Waals surface area contributed by atoms with Crippen LogP contribution in [0.2, 0.25) is 0 Å². The Morgan fingerprint density at radius 2 is 1.89 bits per heavy atom. The van der Waals surface area contributed by atoms with E-state index in [0.717, 1.165) is 24.5 Å². The molecule has 0 saturated heterocycles. The third-order valence-corrected chi connectivity index (χ3v) is 2.57. The molecule has 0 bridgehead atoms. The fourth-order valence-corrected chi connectivity index (χ4v) is 1.68. The van der Waals surface area contributed by atoms with Gasteiger partial charge in [0.25, 0.3) is 0 Å². The lowest BCUT2D eigenvalue weighted by atomic mass is 10.3. The van der Waals surface area contributed by atoms with Crippen LogP contribution >= 0.6 is 12.2 Å². The van der Waals surface area contributed by atoms with Crippen molar-refractivity contribution in [1.82, 2.24) is 10.2 Å². The SMILES string of the molecule is CC(C)Oc1ccc(NC(=S)NCCN(C)C)cc1. The summed E-state index contributed by atoms with van der Waals surface area (Å²) in [7, 11) is 4.07. The van der Waals surface area contributed by atoms with Gasteiger partial charge < -0.3 is 20.3 Å². The summed E-state index contributed by atoms with van der Waals surface area (Å²) in [5, 5.41) is 6.94. The van der Waals surface area contributed by atoms with Gasteiger partial charge in [-0.15, -0.1) is 0 Å². The standard InChI is InChI=1S/C14H23N3OS/c1-11(2)18-13-7-5-12(6-8-13)16-14(19)15-9-10-17(3)4/h5-8,11H,9-10H2,1-4H3,(H2,15,16,19). The smallest absolute Gasteiger partial charge is 0.170 e. The molecular weight excluding hydrogens is 258 g/mol. The van der Waals surface area contributed by atoms with Crippen molar-refractivity contribution in [2.45, 2.75) is 20.0 Å². The molecule has 0 amide bonds. The van der Waals surface area contributed by atoms with Crippen LogP contribution in [-0.2, 0) is 0 Å². The molecule has 1 aromatic carbocycles. The second-order valence-electron chi connectivity index (χ2n) is 4.88. The molecule has 19 heavy (non-hydrogen) atoms. The van der Waals surface area contributed by atoms with Gasteiger partial charge in [-0.05, 0) is 64.4 Å². The molecule has 0 saturated carbocycles. The lowest BCUT2D eigenvalue weighted by molar-refractivity contribution is 0.242. The number of rotatable bonds is 6. The summed E-state index contributed by atoms with van der Waals surface area (Å²) in [6, 6.07) is 7.78. The quantitative estimate of drug-likeness (QED) is 0.783. The number of benzene rings is 1. The maximum absolute atomic E-state index is 5.58. The molecule has 0 aliphatic rings. The maximum Gasteiger partial charge on any atom is 0.170 e. The second-order valence-corrected chi connectivity index (χ2v) is 5.28. The summed E-state index contributed by atoms with van der Waals surface area (Å²) < 4.78 is 5.58. The van der Waals surface area contributed by atoms with Crippen molar-refractivity contribution in [2.75, 3.05) is 32.5 Å². The van der Waals surface area contributed by atoms with Gasteiger partial charge in [0.05, 0.1) is 6.10 Å².